The molecule has 0 bridgehead atoms. The van der Waals surface area contributed by atoms with Gasteiger partial charge in [-0.05, 0) is 38.5 Å². The van der Waals surface area contributed by atoms with Crippen molar-refractivity contribution in [2.24, 2.45) is 0 Å². The summed E-state index contributed by atoms with van der Waals surface area (Å²) in [5, 5.41) is 19.2. The lowest BCUT2D eigenvalue weighted by atomic mass is 10.0. The van der Waals surface area contributed by atoms with Crippen LogP contribution in [-0.4, -0.2) is 65.7 Å². The maximum atomic E-state index is 12.4. The fourth-order valence-corrected chi connectivity index (χ4v) is 7.42. The van der Waals surface area contributed by atoms with Crippen LogP contribution in [0, 0.1) is 0 Å². The van der Waals surface area contributed by atoms with Crippen molar-refractivity contribution in [3.63, 3.8) is 0 Å². The second-order valence-corrected chi connectivity index (χ2v) is 17.2. The molecule has 0 aromatic carbocycles. The topological polar surface area (TPSA) is 149 Å². The average Bonchev–Trinajstić information content (AvgIpc) is 3.19. The lowest BCUT2D eigenvalue weighted by Gasteiger charge is -2.20. The molecule has 3 N–H and O–H groups in total. The Hall–Kier alpha value is -1.29. The van der Waals surface area contributed by atoms with Crippen LogP contribution >= 0.6 is 7.82 Å². The highest BCUT2D eigenvalue weighted by Gasteiger charge is 2.27. The summed E-state index contributed by atoms with van der Waals surface area (Å²) in [6.45, 7) is 2.21. The van der Waals surface area contributed by atoms with Crippen LogP contribution in [0.4, 0.5) is 0 Å². The van der Waals surface area contributed by atoms with Crippen LogP contribution in [0.25, 0.3) is 0 Å². The lowest BCUT2D eigenvalue weighted by molar-refractivity contribution is -0.153. The van der Waals surface area contributed by atoms with Crippen molar-refractivity contribution in [1.29, 1.82) is 0 Å². The van der Waals surface area contributed by atoms with E-state index in [0.29, 0.717) is 12.8 Å². The molecule has 0 aromatic rings. The van der Waals surface area contributed by atoms with E-state index in [-0.39, 0.29) is 12.8 Å². The molecule has 3 atom stereocenters. The highest BCUT2D eigenvalue weighted by atomic mass is 31.2. The highest BCUT2D eigenvalue weighted by Crippen LogP contribution is 2.43. The van der Waals surface area contributed by atoms with Crippen LogP contribution in [0.15, 0.2) is 12.2 Å². The fraction of sp³-hybridized carbons (Fsp3) is 0.911. The number of ether oxygens (including phenoxy) is 2. The Labute approximate surface area is 343 Å². The van der Waals surface area contributed by atoms with Gasteiger partial charge in [0.05, 0.1) is 26.4 Å². The second-order valence-electron chi connectivity index (χ2n) is 15.7. The molecule has 0 aliphatic carbocycles. The molecule has 56 heavy (non-hydrogen) atoms. The first-order valence-corrected chi connectivity index (χ1v) is 24.6. The maximum absolute atomic E-state index is 12.4. The van der Waals surface area contributed by atoms with E-state index in [1.54, 1.807) is 0 Å². The molecule has 11 heteroatoms. The van der Waals surface area contributed by atoms with Crippen molar-refractivity contribution in [2.75, 3.05) is 26.4 Å². The second kappa shape index (κ2) is 41.9. The number of rotatable bonds is 44. The molecule has 10 nitrogen and oxygen atoms in total. The molecule has 0 saturated carbocycles. The molecule has 0 amide bonds. The number of carbonyl (C=O) groups excluding carboxylic acids is 2. The first-order valence-electron chi connectivity index (χ1n) is 23.1. The molecular weight excluding hydrogens is 731 g/mol. The summed E-state index contributed by atoms with van der Waals surface area (Å²) in [6.07, 6.45) is 40.5. The summed E-state index contributed by atoms with van der Waals surface area (Å²) in [5.41, 5.74) is 0. The van der Waals surface area contributed by atoms with Gasteiger partial charge in [-0.15, -0.1) is 0 Å². The van der Waals surface area contributed by atoms with Gasteiger partial charge in [0.15, 0.2) is 0 Å². The van der Waals surface area contributed by atoms with Gasteiger partial charge in [-0.1, -0.05) is 187 Å². The maximum Gasteiger partial charge on any atom is 0.472 e. The number of unbranched alkanes of at least 4 members (excludes halogenated alkanes) is 28. The number of aliphatic hydroxyl groups is 2. The Balaban J connectivity index is 3.83. The number of carbonyl (C=O) groups is 2. The van der Waals surface area contributed by atoms with Gasteiger partial charge in [-0.3, -0.25) is 18.6 Å². The average molecular weight is 819 g/mol. The van der Waals surface area contributed by atoms with Gasteiger partial charge in [-0.25, -0.2) is 4.57 Å². The summed E-state index contributed by atoms with van der Waals surface area (Å²) in [4.78, 5) is 34.5. The molecule has 0 radical (unpaired) electrons. The van der Waals surface area contributed by atoms with Crippen LogP contribution in [0.1, 0.15) is 226 Å². The minimum absolute atomic E-state index is 0.185. The van der Waals surface area contributed by atoms with E-state index in [1.165, 1.54) is 128 Å². The zero-order valence-corrected chi connectivity index (χ0v) is 37.0. The summed E-state index contributed by atoms with van der Waals surface area (Å²) in [7, 11) is -4.63. The number of esters is 2. The minimum atomic E-state index is -4.63. The molecule has 0 rings (SSSR count). The predicted molar refractivity (Wildman–Crippen MR) is 229 cm³/mol. The standard InChI is InChI=1S/C45H87O10P/c1-3-5-7-9-11-13-15-17-18-19-20-21-22-23-24-25-27-29-31-33-35-37-45(49)55-43(39-47)41-53-56(50,51)52-40-42(38-46)54-44(48)36-34-32-30-28-26-16-14-12-10-8-6-4-2/h12,14,42-43,46-47H,3-11,13,15-41H2,1-2H3,(H,50,51)/b14-12-. The first-order chi connectivity index (χ1) is 27.3. The molecule has 0 aliphatic rings. The Morgan fingerprint density at radius 1 is 0.464 bits per heavy atom. The lowest BCUT2D eigenvalue weighted by Crippen LogP contribution is -2.28. The Morgan fingerprint density at radius 2 is 0.732 bits per heavy atom. The first kappa shape index (κ1) is 54.7. The number of phosphoric ester groups is 1. The van der Waals surface area contributed by atoms with Gasteiger partial charge in [0.1, 0.15) is 12.2 Å². The van der Waals surface area contributed by atoms with Gasteiger partial charge in [0.2, 0.25) is 0 Å². The molecule has 0 aromatic heterocycles. The van der Waals surface area contributed by atoms with Crippen LogP contribution in [0.3, 0.4) is 0 Å². The van der Waals surface area contributed by atoms with E-state index in [2.05, 4.69) is 26.0 Å². The third-order valence-corrected chi connectivity index (χ3v) is 11.2. The minimum Gasteiger partial charge on any atom is -0.457 e. The number of hydrogen-bond acceptors (Lipinski definition) is 9. The van der Waals surface area contributed by atoms with E-state index in [9.17, 15) is 29.3 Å². The third-order valence-electron chi connectivity index (χ3n) is 10.2. The van der Waals surface area contributed by atoms with E-state index in [4.69, 9.17) is 18.5 Å². The van der Waals surface area contributed by atoms with Gasteiger partial charge in [0, 0.05) is 12.8 Å². The number of hydrogen-bond donors (Lipinski definition) is 3. The van der Waals surface area contributed by atoms with Gasteiger partial charge in [0.25, 0.3) is 0 Å². The van der Waals surface area contributed by atoms with Gasteiger partial charge in [-0.2, -0.15) is 0 Å². The van der Waals surface area contributed by atoms with Gasteiger partial charge >= 0.3 is 19.8 Å². The molecule has 0 saturated heterocycles. The predicted octanol–water partition coefficient (Wildman–Crippen LogP) is 12.4. The van der Waals surface area contributed by atoms with E-state index >= 15 is 0 Å². The smallest absolute Gasteiger partial charge is 0.457 e. The fourth-order valence-electron chi connectivity index (χ4n) is 6.64. The van der Waals surface area contributed by atoms with Crippen LogP contribution in [0.5, 0.6) is 0 Å². The monoisotopic (exact) mass is 819 g/mol. The van der Waals surface area contributed by atoms with E-state index < -0.39 is 58.4 Å². The van der Waals surface area contributed by atoms with E-state index in [0.717, 1.165) is 57.8 Å². The zero-order chi connectivity index (χ0) is 41.2. The Morgan fingerprint density at radius 3 is 1.05 bits per heavy atom. The Kier molecular flexibility index (Phi) is 40.9. The summed E-state index contributed by atoms with van der Waals surface area (Å²) in [5.74, 6) is -1.02. The number of aliphatic hydroxyl groups excluding tert-OH is 2. The van der Waals surface area contributed by atoms with Crippen molar-refractivity contribution in [3.8, 4) is 0 Å². The van der Waals surface area contributed by atoms with Crippen LogP contribution in [-0.2, 0) is 32.7 Å². The van der Waals surface area contributed by atoms with Gasteiger partial charge < -0.3 is 24.6 Å². The number of phosphoric acid groups is 1. The quantitative estimate of drug-likeness (QED) is 0.0235. The van der Waals surface area contributed by atoms with Crippen molar-refractivity contribution >= 4 is 19.8 Å². The zero-order valence-electron chi connectivity index (χ0n) is 36.1. The third kappa shape index (κ3) is 39.5. The molecule has 3 unspecified atom stereocenters. The van der Waals surface area contributed by atoms with E-state index in [1.807, 2.05) is 0 Å². The molecule has 0 fully saturated rings. The molecule has 332 valence electrons. The molecule has 0 aliphatic heterocycles. The molecular formula is C45H87O10P. The number of allylic oxidation sites excluding steroid dienone is 2. The highest BCUT2D eigenvalue weighted by molar-refractivity contribution is 7.47. The molecule has 0 spiro atoms. The normalized spacial score (nSPS) is 13.9. The summed E-state index contributed by atoms with van der Waals surface area (Å²) in [6, 6.07) is 0. The SMILES string of the molecule is CCCCC/C=C\CCCCCCCC(=O)OC(CO)COP(=O)(O)OCC(CO)OC(=O)CCCCCCCCCCCCCCCCCCCCCCC. The van der Waals surface area contributed by atoms with Crippen molar-refractivity contribution in [3.05, 3.63) is 12.2 Å². The van der Waals surface area contributed by atoms with Crippen molar-refractivity contribution in [1.82, 2.24) is 0 Å². The van der Waals surface area contributed by atoms with Crippen molar-refractivity contribution < 1.29 is 47.8 Å². The summed E-state index contributed by atoms with van der Waals surface area (Å²) >= 11 is 0. The largest absolute Gasteiger partial charge is 0.472 e. The molecule has 0 heterocycles. The Bertz CT molecular complexity index is 946. The summed E-state index contributed by atoms with van der Waals surface area (Å²) < 4.78 is 32.6. The van der Waals surface area contributed by atoms with Crippen LogP contribution in [0.2, 0.25) is 0 Å². The van der Waals surface area contributed by atoms with Crippen LogP contribution < -0.4 is 0 Å². The van der Waals surface area contributed by atoms with Crippen molar-refractivity contribution in [2.45, 2.75) is 238 Å².